The Bertz CT molecular complexity index is 517. The number of benzene rings is 1. The van der Waals surface area contributed by atoms with Crippen LogP contribution in [0.5, 0.6) is 0 Å². The van der Waals surface area contributed by atoms with E-state index in [0.717, 1.165) is 0 Å². The molecule has 1 aromatic carbocycles. The largest absolute Gasteiger partial charge is 0.320 e. The first kappa shape index (κ1) is 12.3. The summed E-state index contributed by atoms with van der Waals surface area (Å²) < 4.78 is 0. The summed E-state index contributed by atoms with van der Waals surface area (Å²) in [7, 11) is 0. The number of rotatable bonds is 2. The van der Waals surface area contributed by atoms with Crippen molar-refractivity contribution < 1.29 is 0 Å². The molecule has 0 saturated heterocycles. The van der Waals surface area contributed by atoms with Gasteiger partial charge in [-0.1, -0.05) is 17.7 Å². The number of hydrogen-bond acceptors (Lipinski definition) is 2. The van der Waals surface area contributed by atoms with E-state index in [0.29, 0.717) is 0 Å². The minimum absolute atomic E-state index is 0.00981. The molecule has 0 amide bonds. The van der Waals surface area contributed by atoms with Gasteiger partial charge in [0.1, 0.15) is 0 Å². The lowest BCUT2D eigenvalue weighted by molar-refractivity contribution is 0.863. The van der Waals surface area contributed by atoms with Gasteiger partial charge in [0, 0.05) is 4.88 Å². The first-order chi connectivity index (χ1) is 8.00. The van der Waals surface area contributed by atoms with Gasteiger partial charge in [0.05, 0.1) is 6.04 Å². The van der Waals surface area contributed by atoms with Crippen molar-refractivity contribution in [3.05, 3.63) is 56.3 Å². The van der Waals surface area contributed by atoms with Gasteiger partial charge in [0.15, 0.2) is 0 Å². The minimum Gasteiger partial charge on any atom is -0.320 e. The lowest BCUT2D eigenvalue weighted by Gasteiger charge is -2.18. The summed E-state index contributed by atoms with van der Waals surface area (Å²) in [6, 6.07) is 6.57. The summed E-state index contributed by atoms with van der Waals surface area (Å²) in [6.45, 7) is 8.56. The second kappa shape index (κ2) is 4.63. The van der Waals surface area contributed by atoms with Crippen molar-refractivity contribution in [1.29, 1.82) is 0 Å². The molecule has 0 aliphatic heterocycles. The molecule has 0 aliphatic carbocycles. The van der Waals surface area contributed by atoms with Crippen molar-refractivity contribution in [3.63, 3.8) is 0 Å². The van der Waals surface area contributed by atoms with Crippen molar-refractivity contribution >= 4 is 11.3 Å². The fourth-order valence-corrected chi connectivity index (χ4v) is 3.45. The Morgan fingerprint density at radius 1 is 1.00 bits per heavy atom. The third-order valence-electron chi connectivity index (χ3n) is 3.23. The molecule has 0 saturated carbocycles. The lowest BCUT2D eigenvalue weighted by Crippen LogP contribution is -2.14. The molecule has 1 nitrogen and oxygen atoms in total. The topological polar surface area (TPSA) is 26.0 Å². The molecule has 2 heteroatoms. The van der Waals surface area contributed by atoms with Crippen LogP contribution in [0.1, 0.15) is 38.7 Å². The molecule has 0 aliphatic rings. The van der Waals surface area contributed by atoms with Crippen molar-refractivity contribution in [2.24, 2.45) is 5.73 Å². The van der Waals surface area contributed by atoms with Crippen LogP contribution in [0.3, 0.4) is 0 Å². The quantitative estimate of drug-likeness (QED) is 0.849. The van der Waals surface area contributed by atoms with E-state index in [-0.39, 0.29) is 6.04 Å². The third-order valence-corrected chi connectivity index (χ3v) is 4.34. The van der Waals surface area contributed by atoms with Crippen LogP contribution in [0.25, 0.3) is 0 Å². The highest BCUT2D eigenvalue weighted by Crippen LogP contribution is 2.31. The molecule has 0 fully saturated rings. The molecular formula is C15H19NS. The molecule has 0 spiro atoms. The van der Waals surface area contributed by atoms with E-state index in [1.807, 2.05) is 0 Å². The Morgan fingerprint density at radius 3 is 2.06 bits per heavy atom. The Kier molecular flexibility index (Phi) is 3.36. The zero-order valence-corrected chi connectivity index (χ0v) is 11.7. The molecule has 17 heavy (non-hydrogen) atoms. The molecule has 0 bridgehead atoms. The highest BCUT2D eigenvalue weighted by Gasteiger charge is 2.17. The summed E-state index contributed by atoms with van der Waals surface area (Å²) in [6.07, 6.45) is 0. The van der Waals surface area contributed by atoms with E-state index in [9.17, 15) is 0 Å². The zero-order chi connectivity index (χ0) is 12.6. The summed E-state index contributed by atoms with van der Waals surface area (Å²) in [5.74, 6) is 0. The maximum absolute atomic E-state index is 6.42. The van der Waals surface area contributed by atoms with Crippen molar-refractivity contribution in [2.45, 2.75) is 33.7 Å². The van der Waals surface area contributed by atoms with Crippen LogP contribution < -0.4 is 5.73 Å². The fourth-order valence-electron chi connectivity index (χ4n) is 2.52. The van der Waals surface area contributed by atoms with E-state index in [1.165, 1.54) is 32.7 Å². The molecule has 1 unspecified atom stereocenters. The summed E-state index contributed by atoms with van der Waals surface area (Å²) in [4.78, 5) is 1.28. The third kappa shape index (κ3) is 2.28. The summed E-state index contributed by atoms with van der Waals surface area (Å²) in [5, 5.41) is 2.11. The fraction of sp³-hybridized carbons (Fsp3) is 0.333. The van der Waals surface area contributed by atoms with E-state index in [2.05, 4.69) is 51.3 Å². The molecule has 2 rings (SSSR count). The maximum atomic E-state index is 6.42. The van der Waals surface area contributed by atoms with Crippen LogP contribution in [-0.4, -0.2) is 0 Å². The molecular weight excluding hydrogens is 226 g/mol. The maximum Gasteiger partial charge on any atom is 0.0653 e. The number of thiophene rings is 1. The SMILES string of the molecule is Cc1cc(C)c(C(N)c2sccc2C)c(C)c1. The van der Waals surface area contributed by atoms with E-state index >= 15 is 0 Å². The molecule has 2 aromatic rings. The number of nitrogens with two attached hydrogens (primary N) is 1. The van der Waals surface area contributed by atoms with Gasteiger partial charge in [-0.05, 0) is 61.4 Å². The highest BCUT2D eigenvalue weighted by molar-refractivity contribution is 7.10. The van der Waals surface area contributed by atoms with Gasteiger partial charge >= 0.3 is 0 Å². The van der Waals surface area contributed by atoms with Gasteiger partial charge in [-0.15, -0.1) is 11.3 Å². The minimum atomic E-state index is 0.00981. The van der Waals surface area contributed by atoms with Gasteiger partial charge in [-0.25, -0.2) is 0 Å². The van der Waals surface area contributed by atoms with Crippen LogP contribution in [0.2, 0.25) is 0 Å². The van der Waals surface area contributed by atoms with Gasteiger partial charge in [0.2, 0.25) is 0 Å². The monoisotopic (exact) mass is 245 g/mol. The molecule has 90 valence electrons. The molecule has 0 radical (unpaired) electrons. The van der Waals surface area contributed by atoms with Crippen LogP contribution >= 0.6 is 11.3 Å². The second-order valence-corrected chi connectivity index (χ2v) is 5.71. The van der Waals surface area contributed by atoms with Crippen LogP contribution in [0.15, 0.2) is 23.6 Å². The lowest BCUT2D eigenvalue weighted by atomic mass is 9.93. The summed E-state index contributed by atoms with van der Waals surface area (Å²) >= 11 is 1.75. The van der Waals surface area contributed by atoms with E-state index in [4.69, 9.17) is 5.73 Å². The first-order valence-corrected chi connectivity index (χ1v) is 6.76. The van der Waals surface area contributed by atoms with Crippen molar-refractivity contribution in [1.82, 2.24) is 0 Å². The number of aryl methyl sites for hydroxylation is 4. The van der Waals surface area contributed by atoms with Crippen LogP contribution in [0.4, 0.5) is 0 Å². The second-order valence-electron chi connectivity index (χ2n) is 4.76. The molecule has 1 heterocycles. The molecule has 2 N–H and O–H groups in total. The summed E-state index contributed by atoms with van der Waals surface area (Å²) in [5.41, 5.74) is 12.9. The average Bonchev–Trinajstić information content (AvgIpc) is 2.62. The van der Waals surface area contributed by atoms with Gasteiger partial charge in [0.25, 0.3) is 0 Å². The standard InChI is InChI=1S/C15H19NS/c1-9-7-11(3)13(12(4)8-9)14(16)15-10(2)5-6-17-15/h5-8,14H,16H2,1-4H3. The van der Waals surface area contributed by atoms with Gasteiger partial charge < -0.3 is 5.73 Å². The average molecular weight is 245 g/mol. The highest BCUT2D eigenvalue weighted by atomic mass is 32.1. The van der Waals surface area contributed by atoms with Crippen LogP contribution in [-0.2, 0) is 0 Å². The molecule has 1 aromatic heterocycles. The van der Waals surface area contributed by atoms with Crippen molar-refractivity contribution in [3.8, 4) is 0 Å². The Morgan fingerprint density at radius 2 is 1.59 bits per heavy atom. The molecule has 1 atom stereocenters. The first-order valence-electron chi connectivity index (χ1n) is 5.88. The smallest absolute Gasteiger partial charge is 0.0653 e. The van der Waals surface area contributed by atoms with Crippen molar-refractivity contribution in [2.75, 3.05) is 0 Å². The predicted octanol–water partition coefficient (Wildman–Crippen LogP) is 4.03. The van der Waals surface area contributed by atoms with Crippen LogP contribution in [0, 0.1) is 27.7 Å². The Labute approximate surface area is 107 Å². The predicted molar refractivity (Wildman–Crippen MR) is 75.7 cm³/mol. The Balaban J connectivity index is 2.51. The Hall–Kier alpha value is -1.12. The number of hydrogen-bond donors (Lipinski definition) is 1. The van der Waals surface area contributed by atoms with E-state index in [1.54, 1.807) is 11.3 Å². The normalized spacial score (nSPS) is 12.8. The van der Waals surface area contributed by atoms with E-state index < -0.39 is 0 Å². The van der Waals surface area contributed by atoms with Gasteiger partial charge in [-0.2, -0.15) is 0 Å². The zero-order valence-electron chi connectivity index (χ0n) is 10.9. The van der Waals surface area contributed by atoms with Gasteiger partial charge in [-0.3, -0.25) is 0 Å².